The van der Waals surface area contributed by atoms with Gasteiger partial charge in [-0.1, -0.05) is 18.2 Å². The van der Waals surface area contributed by atoms with Gasteiger partial charge in [-0.15, -0.1) is 5.10 Å². The van der Waals surface area contributed by atoms with Crippen LogP contribution in [0, 0.1) is 0 Å². The fourth-order valence-electron chi connectivity index (χ4n) is 3.85. The maximum Gasteiger partial charge on any atom is 1.00 e. The summed E-state index contributed by atoms with van der Waals surface area (Å²) in [5.74, 6) is -0.374. The zero-order valence-electron chi connectivity index (χ0n) is 24.7. The zero-order chi connectivity index (χ0) is 31.4. The van der Waals surface area contributed by atoms with Crippen LogP contribution in [0.4, 0.5) is 5.69 Å². The number of hydrogen-bond donors (Lipinski definition) is 1. The van der Waals surface area contributed by atoms with Crippen LogP contribution in [0.5, 0.6) is 5.88 Å². The molecule has 0 fully saturated rings. The molecule has 1 N–H and O–H groups in total. The van der Waals surface area contributed by atoms with Crippen molar-refractivity contribution >= 4 is 43.8 Å². The summed E-state index contributed by atoms with van der Waals surface area (Å²) < 4.78 is 79.3. The van der Waals surface area contributed by atoms with Crippen LogP contribution in [0.1, 0.15) is 19.4 Å². The van der Waals surface area contributed by atoms with Gasteiger partial charge >= 0.3 is 103 Å². The number of H-pyrrole nitrogens is 1. The van der Waals surface area contributed by atoms with Gasteiger partial charge in [0.15, 0.2) is 0 Å². The Hall–Kier alpha value is -1.50. The number of benzene rings is 2. The quantitative estimate of drug-likeness (QED) is 0.0945. The fourth-order valence-corrected chi connectivity index (χ4v) is 4.79. The van der Waals surface area contributed by atoms with Gasteiger partial charge in [-0.25, -0.2) is 21.5 Å². The Kier molecular flexibility index (Phi) is 15.0. The molecule has 2 heterocycles. The largest absolute Gasteiger partial charge is 1.00 e. The Labute approximate surface area is 344 Å². The number of anilines is 1. The van der Waals surface area contributed by atoms with E-state index in [0.717, 1.165) is 34.0 Å². The molecule has 0 saturated carbocycles. The average Bonchev–Trinajstić information content (AvgIpc) is 3.43. The molecule has 3 aromatic rings. The van der Waals surface area contributed by atoms with E-state index in [1.807, 2.05) is 0 Å². The first-order valence-corrected chi connectivity index (χ1v) is 15.4. The summed E-state index contributed by atoms with van der Waals surface area (Å²) in [5, 5.41) is 7.97. The van der Waals surface area contributed by atoms with E-state index in [0.29, 0.717) is 0 Å². The second-order valence-electron chi connectivity index (χ2n) is 8.60. The Balaban J connectivity index is 0.00000353. The van der Waals surface area contributed by atoms with E-state index >= 15 is 0 Å². The van der Waals surface area contributed by atoms with Crippen molar-refractivity contribution in [2.45, 2.75) is 23.6 Å². The second-order valence-corrected chi connectivity index (χ2v) is 11.4. The SMILES string of the molecule is CCOC1=NN(c2ccc(S(=O)(=O)[O-])cc2)C(=O)C1=CC=CC=Cc1c(OCC)[nH]n(-c2ccc(S(=O)(=O)[O-])cc2)c1=O.[K+].[K+]. The minimum Gasteiger partial charge on any atom is -0.744 e. The zero-order valence-corrected chi connectivity index (χ0v) is 32.5. The summed E-state index contributed by atoms with van der Waals surface area (Å²) in [4.78, 5) is 25.2. The molecular weight excluding hydrogens is 683 g/mol. The number of rotatable bonds is 10. The van der Waals surface area contributed by atoms with Crippen LogP contribution in [0.25, 0.3) is 11.8 Å². The van der Waals surface area contributed by atoms with E-state index in [2.05, 4.69) is 10.2 Å². The summed E-state index contributed by atoms with van der Waals surface area (Å²) in [5.41, 5.74) is 0.248. The predicted molar refractivity (Wildman–Crippen MR) is 153 cm³/mol. The molecule has 0 bridgehead atoms. The number of nitrogens with zero attached hydrogens (tertiary/aromatic N) is 3. The van der Waals surface area contributed by atoms with Gasteiger partial charge in [0.2, 0.25) is 11.8 Å². The van der Waals surface area contributed by atoms with Gasteiger partial charge in [-0.05, 0) is 74.5 Å². The Morgan fingerprint density at radius 2 is 1.33 bits per heavy atom. The molecule has 0 radical (unpaired) electrons. The van der Waals surface area contributed by atoms with Gasteiger partial charge in [-0.2, -0.15) is 5.01 Å². The molecule has 0 unspecified atom stereocenters. The van der Waals surface area contributed by atoms with E-state index in [9.17, 15) is 35.5 Å². The maximum atomic E-state index is 13.1. The van der Waals surface area contributed by atoms with Gasteiger partial charge in [0.1, 0.15) is 31.4 Å². The summed E-state index contributed by atoms with van der Waals surface area (Å²) >= 11 is 0. The first kappa shape index (κ1) is 39.7. The number of hydrogen-bond acceptors (Lipinski definition) is 11. The van der Waals surface area contributed by atoms with Crippen molar-refractivity contribution in [2.75, 3.05) is 18.2 Å². The van der Waals surface area contributed by atoms with Crippen molar-refractivity contribution in [2.24, 2.45) is 5.10 Å². The van der Waals surface area contributed by atoms with Crippen molar-refractivity contribution in [3.8, 4) is 11.6 Å². The molecule has 45 heavy (non-hydrogen) atoms. The molecule has 14 nitrogen and oxygen atoms in total. The van der Waals surface area contributed by atoms with E-state index in [1.165, 1.54) is 48.6 Å². The van der Waals surface area contributed by atoms with Crippen LogP contribution >= 0.6 is 0 Å². The van der Waals surface area contributed by atoms with E-state index in [4.69, 9.17) is 9.47 Å². The third kappa shape index (κ3) is 9.76. The summed E-state index contributed by atoms with van der Waals surface area (Å²) in [7, 11) is -9.30. The van der Waals surface area contributed by atoms with Gasteiger partial charge in [0, 0.05) is 0 Å². The van der Waals surface area contributed by atoms with Crippen molar-refractivity contribution in [3.05, 3.63) is 94.3 Å². The molecule has 0 saturated heterocycles. The second kappa shape index (κ2) is 17.1. The molecular formula is C27H24K2N4O10S2. The van der Waals surface area contributed by atoms with Crippen LogP contribution in [-0.2, 0) is 29.8 Å². The van der Waals surface area contributed by atoms with Crippen molar-refractivity contribution in [1.82, 2.24) is 9.78 Å². The molecule has 1 aromatic heterocycles. The number of carbonyl (C=O) groups excluding carboxylic acids is 1. The maximum absolute atomic E-state index is 13.1. The Morgan fingerprint density at radius 3 is 1.84 bits per heavy atom. The van der Waals surface area contributed by atoms with Gasteiger partial charge in [0.05, 0.1) is 34.4 Å². The van der Waals surface area contributed by atoms with Crippen LogP contribution in [0.3, 0.4) is 0 Å². The minimum absolute atomic E-state index is 0. The van der Waals surface area contributed by atoms with E-state index in [1.54, 1.807) is 19.9 Å². The van der Waals surface area contributed by atoms with Crippen molar-refractivity contribution in [3.63, 3.8) is 0 Å². The third-order valence-corrected chi connectivity index (χ3v) is 7.51. The number of aromatic nitrogens is 2. The molecule has 0 aliphatic carbocycles. The van der Waals surface area contributed by atoms with Crippen LogP contribution < -0.4 is 118 Å². The van der Waals surface area contributed by atoms with Gasteiger partial charge in [0.25, 0.3) is 11.5 Å². The Bertz CT molecular complexity index is 1930. The number of ether oxygens (including phenoxy) is 2. The van der Waals surface area contributed by atoms with Crippen molar-refractivity contribution < 1.29 is 143 Å². The third-order valence-electron chi connectivity index (χ3n) is 5.81. The Morgan fingerprint density at radius 1 is 0.800 bits per heavy atom. The van der Waals surface area contributed by atoms with Crippen LogP contribution in [-0.4, -0.2) is 60.7 Å². The molecule has 1 aliphatic rings. The van der Waals surface area contributed by atoms with Crippen molar-refractivity contribution in [1.29, 1.82) is 0 Å². The molecule has 18 heteroatoms. The van der Waals surface area contributed by atoms with Gasteiger partial charge in [-0.3, -0.25) is 14.7 Å². The molecule has 2 aromatic carbocycles. The van der Waals surface area contributed by atoms with E-state index < -0.39 is 41.5 Å². The number of aromatic amines is 1. The molecule has 0 atom stereocenters. The average molecular weight is 707 g/mol. The fraction of sp³-hybridized carbons (Fsp3) is 0.148. The standard InChI is InChI=1S/C27H26N4O10S2.2K/c1-3-40-24-22(26(32)30(28-24)18-10-14-20(15-11-18)42(34,35)36)8-6-5-7-9-23-25(41-4-2)29-31(27(23)33)19-12-16-21(17-13-19)43(37,38)39;;/h5-17,28H,3-4H2,1-2H3,(H,34,35,36)(H,37,38,39);;/q;2*+1/p-2. The normalized spacial score (nSPS) is 14.5. The first-order chi connectivity index (χ1) is 20.3. The van der Waals surface area contributed by atoms with E-state index in [-0.39, 0.29) is 150 Å². The van der Waals surface area contributed by atoms with Crippen LogP contribution in [0.15, 0.2) is 98.1 Å². The number of nitrogens with one attached hydrogen (secondary N) is 1. The first-order valence-electron chi connectivity index (χ1n) is 12.6. The summed E-state index contributed by atoms with van der Waals surface area (Å²) in [6.07, 6.45) is 7.50. The predicted octanol–water partition coefficient (Wildman–Crippen LogP) is -3.73. The molecule has 0 spiro atoms. The molecule has 1 aliphatic heterocycles. The topological polar surface area (TPSA) is 203 Å². The van der Waals surface area contributed by atoms with Gasteiger partial charge < -0.3 is 18.6 Å². The molecule has 1 amide bonds. The summed E-state index contributed by atoms with van der Waals surface area (Å²) in [6, 6.07) is 9.49. The smallest absolute Gasteiger partial charge is 0.744 e. The molecule has 226 valence electrons. The molecule has 4 rings (SSSR count). The summed E-state index contributed by atoms with van der Waals surface area (Å²) in [6.45, 7) is 3.88. The van der Waals surface area contributed by atoms with Crippen LogP contribution in [0.2, 0.25) is 0 Å². The number of carbonyl (C=O) groups is 1. The number of hydrazone groups is 1. The monoisotopic (exact) mass is 706 g/mol. The number of amides is 1. The number of allylic oxidation sites excluding steroid dienone is 4. The minimum atomic E-state index is -4.65.